The SMILES string of the molecule is Cc1ccc(C(NC(=O)Cc2ccc3c(c2)OCC(=O)N3)c2ccc(C)o2)c(N2CCCCC2)c1. The van der Waals surface area contributed by atoms with Gasteiger partial charge in [0.25, 0.3) is 5.91 Å². The standard InChI is InChI=1S/C28H31N3O4/c1-18-6-9-21(23(14-18)31-12-4-3-5-13-31)28(24-11-7-19(2)35-24)30-26(32)16-20-8-10-22-25(15-20)34-17-27(33)29-22/h6-11,14-15,28H,3-5,12-13,16-17H2,1-2H3,(H,29,33)(H,30,32). The summed E-state index contributed by atoms with van der Waals surface area (Å²) in [7, 11) is 0. The summed E-state index contributed by atoms with van der Waals surface area (Å²) in [4.78, 5) is 27.2. The van der Waals surface area contributed by atoms with E-state index in [1.807, 2.05) is 31.2 Å². The van der Waals surface area contributed by atoms with E-state index in [-0.39, 0.29) is 24.8 Å². The summed E-state index contributed by atoms with van der Waals surface area (Å²) in [5.74, 6) is 1.81. The van der Waals surface area contributed by atoms with Gasteiger partial charge in [-0.25, -0.2) is 0 Å². The predicted octanol–water partition coefficient (Wildman–Crippen LogP) is 4.67. The summed E-state index contributed by atoms with van der Waals surface area (Å²) in [6.45, 7) is 6.02. The zero-order chi connectivity index (χ0) is 24.4. The summed E-state index contributed by atoms with van der Waals surface area (Å²) < 4.78 is 11.5. The van der Waals surface area contributed by atoms with E-state index in [1.54, 1.807) is 6.07 Å². The van der Waals surface area contributed by atoms with E-state index < -0.39 is 6.04 Å². The summed E-state index contributed by atoms with van der Waals surface area (Å²) in [5.41, 5.74) is 4.82. The third-order valence-electron chi connectivity index (χ3n) is 6.59. The first-order valence-corrected chi connectivity index (χ1v) is 12.2. The number of benzene rings is 2. The van der Waals surface area contributed by atoms with Crippen molar-refractivity contribution in [3.63, 3.8) is 0 Å². The minimum atomic E-state index is -0.401. The summed E-state index contributed by atoms with van der Waals surface area (Å²) >= 11 is 0. The number of piperidine rings is 1. The van der Waals surface area contributed by atoms with Crippen molar-refractivity contribution in [1.82, 2.24) is 5.32 Å². The van der Waals surface area contributed by atoms with Gasteiger partial charge in [-0.15, -0.1) is 0 Å². The van der Waals surface area contributed by atoms with Crippen LogP contribution in [0.2, 0.25) is 0 Å². The van der Waals surface area contributed by atoms with E-state index in [1.165, 1.54) is 24.8 Å². The van der Waals surface area contributed by atoms with Crippen molar-refractivity contribution in [3.8, 4) is 5.75 Å². The molecule has 35 heavy (non-hydrogen) atoms. The van der Waals surface area contributed by atoms with Crippen LogP contribution in [0.25, 0.3) is 0 Å². The second kappa shape index (κ2) is 9.86. The highest BCUT2D eigenvalue weighted by molar-refractivity contribution is 5.95. The van der Waals surface area contributed by atoms with Gasteiger partial charge in [-0.2, -0.15) is 0 Å². The average molecular weight is 474 g/mol. The molecule has 0 radical (unpaired) electrons. The minimum absolute atomic E-state index is 0.0186. The summed E-state index contributed by atoms with van der Waals surface area (Å²) in [6, 6.07) is 15.3. The number of anilines is 2. The molecule has 7 nitrogen and oxygen atoms in total. The number of nitrogens with zero attached hydrogens (tertiary/aromatic N) is 1. The number of rotatable bonds is 6. The van der Waals surface area contributed by atoms with E-state index in [2.05, 4.69) is 40.7 Å². The number of fused-ring (bicyclic) bond motifs is 1. The summed E-state index contributed by atoms with van der Waals surface area (Å²) in [6.07, 6.45) is 3.78. The largest absolute Gasteiger partial charge is 0.482 e. The zero-order valence-corrected chi connectivity index (χ0v) is 20.2. The second-order valence-corrected chi connectivity index (χ2v) is 9.40. The van der Waals surface area contributed by atoms with Crippen LogP contribution in [0.5, 0.6) is 5.75 Å². The highest BCUT2D eigenvalue weighted by Crippen LogP contribution is 2.34. The van der Waals surface area contributed by atoms with Crippen LogP contribution in [-0.2, 0) is 16.0 Å². The number of carbonyl (C=O) groups excluding carboxylic acids is 2. The molecule has 1 saturated heterocycles. The molecule has 3 heterocycles. The van der Waals surface area contributed by atoms with Crippen molar-refractivity contribution in [1.29, 1.82) is 0 Å². The lowest BCUT2D eigenvalue weighted by molar-refractivity contribution is -0.121. The van der Waals surface area contributed by atoms with Crippen LogP contribution >= 0.6 is 0 Å². The quantitative estimate of drug-likeness (QED) is 0.544. The molecule has 2 aliphatic heterocycles. The molecule has 3 aromatic rings. The van der Waals surface area contributed by atoms with Crippen molar-refractivity contribution in [2.24, 2.45) is 0 Å². The molecule has 2 N–H and O–H groups in total. The molecule has 1 fully saturated rings. The third-order valence-corrected chi connectivity index (χ3v) is 6.59. The Morgan fingerprint density at radius 2 is 1.89 bits per heavy atom. The highest BCUT2D eigenvalue weighted by atomic mass is 16.5. The first-order chi connectivity index (χ1) is 17.0. The van der Waals surface area contributed by atoms with Crippen molar-refractivity contribution in [2.45, 2.75) is 45.6 Å². The van der Waals surface area contributed by atoms with Crippen LogP contribution in [0.15, 0.2) is 52.9 Å². The van der Waals surface area contributed by atoms with Crippen molar-refractivity contribution >= 4 is 23.2 Å². The predicted molar refractivity (Wildman–Crippen MR) is 135 cm³/mol. The Morgan fingerprint density at radius 3 is 2.66 bits per heavy atom. The van der Waals surface area contributed by atoms with Gasteiger partial charge in [-0.3, -0.25) is 9.59 Å². The summed E-state index contributed by atoms with van der Waals surface area (Å²) in [5, 5.41) is 6.01. The molecule has 2 aliphatic rings. The lowest BCUT2D eigenvalue weighted by Gasteiger charge is -2.33. The monoisotopic (exact) mass is 473 g/mol. The fourth-order valence-corrected chi connectivity index (χ4v) is 4.84. The van der Waals surface area contributed by atoms with E-state index in [0.717, 1.165) is 41.4 Å². The van der Waals surface area contributed by atoms with Crippen molar-refractivity contribution in [2.75, 3.05) is 29.9 Å². The van der Waals surface area contributed by atoms with Gasteiger partial charge in [0.2, 0.25) is 5.91 Å². The normalized spacial score (nSPS) is 16.2. The second-order valence-electron chi connectivity index (χ2n) is 9.40. The Bertz CT molecular complexity index is 1240. The molecule has 2 amide bonds. The third kappa shape index (κ3) is 5.19. The van der Waals surface area contributed by atoms with Crippen LogP contribution in [0.3, 0.4) is 0 Å². The first-order valence-electron chi connectivity index (χ1n) is 12.2. The fourth-order valence-electron chi connectivity index (χ4n) is 4.84. The molecule has 1 unspecified atom stereocenters. The molecule has 7 heteroatoms. The number of amides is 2. The molecule has 1 aromatic heterocycles. The lowest BCUT2D eigenvalue weighted by atomic mass is 9.97. The van der Waals surface area contributed by atoms with Gasteiger partial charge >= 0.3 is 0 Å². The molecule has 0 saturated carbocycles. The Kier molecular flexibility index (Phi) is 6.49. The smallest absolute Gasteiger partial charge is 0.262 e. The lowest BCUT2D eigenvalue weighted by Crippen LogP contribution is -2.34. The van der Waals surface area contributed by atoms with Crippen LogP contribution in [0.4, 0.5) is 11.4 Å². The molecular formula is C28H31N3O4. The average Bonchev–Trinajstić information content (AvgIpc) is 3.29. The Morgan fingerprint density at radius 1 is 1.06 bits per heavy atom. The topological polar surface area (TPSA) is 83.8 Å². The number of aryl methyl sites for hydroxylation is 2. The van der Waals surface area contributed by atoms with Crippen LogP contribution in [0, 0.1) is 13.8 Å². The van der Waals surface area contributed by atoms with Gasteiger partial charge < -0.3 is 24.7 Å². The molecule has 2 aromatic carbocycles. The molecule has 1 atom stereocenters. The van der Waals surface area contributed by atoms with Crippen LogP contribution in [0.1, 0.15) is 53.5 Å². The van der Waals surface area contributed by atoms with Gasteiger partial charge in [0, 0.05) is 24.3 Å². The molecule has 5 rings (SSSR count). The van der Waals surface area contributed by atoms with Crippen LogP contribution < -0.4 is 20.3 Å². The van der Waals surface area contributed by atoms with Gasteiger partial charge in [-0.1, -0.05) is 18.2 Å². The van der Waals surface area contributed by atoms with Crippen molar-refractivity contribution in [3.05, 3.63) is 76.7 Å². The van der Waals surface area contributed by atoms with Crippen molar-refractivity contribution < 1.29 is 18.7 Å². The molecule has 0 bridgehead atoms. The molecule has 0 spiro atoms. The number of carbonyl (C=O) groups is 2. The number of ether oxygens (including phenoxy) is 1. The number of nitrogens with one attached hydrogen (secondary N) is 2. The maximum absolute atomic E-state index is 13.3. The maximum Gasteiger partial charge on any atom is 0.262 e. The Labute approximate surface area is 205 Å². The van der Waals surface area contributed by atoms with E-state index in [4.69, 9.17) is 9.15 Å². The van der Waals surface area contributed by atoms with E-state index in [9.17, 15) is 9.59 Å². The minimum Gasteiger partial charge on any atom is -0.482 e. The first kappa shape index (κ1) is 23.0. The molecular weight excluding hydrogens is 442 g/mol. The number of furan rings is 1. The number of hydrogen-bond acceptors (Lipinski definition) is 5. The fraction of sp³-hybridized carbons (Fsp3) is 0.357. The Balaban J connectivity index is 1.42. The van der Waals surface area contributed by atoms with Gasteiger partial charge in [0.15, 0.2) is 6.61 Å². The van der Waals surface area contributed by atoms with E-state index >= 15 is 0 Å². The highest BCUT2D eigenvalue weighted by Gasteiger charge is 2.26. The van der Waals surface area contributed by atoms with Gasteiger partial charge in [0.1, 0.15) is 23.3 Å². The van der Waals surface area contributed by atoms with E-state index in [0.29, 0.717) is 11.4 Å². The van der Waals surface area contributed by atoms with Crippen LogP contribution in [-0.4, -0.2) is 31.5 Å². The Hall–Kier alpha value is -3.74. The molecule has 182 valence electrons. The molecule has 0 aliphatic carbocycles. The van der Waals surface area contributed by atoms with Gasteiger partial charge in [-0.05, 0) is 74.6 Å². The zero-order valence-electron chi connectivity index (χ0n) is 20.2. The van der Waals surface area contributed by atoms with Gasteiger partial charge in [0.05, 0.1) is 12.1 Å². The number of hydrogen-bond donors (Lipinski definition) is 2. The maximum atomic E-state index is 13.3.